The normalized spacial score (nSPS) is 36.7. The van der Waals surface area contributed by atoms with Gasteiger partial charge in [-0.05, 0) is 56.3 Å². The van der Waals surface area contributed by atoms with Crippen molar-refractivity contribution in [3.05, 3.63) is 0 Å². The summed E-state index contributed by atoms with van der Waals surface area (Å²) in [4.78, 5) is 0. The molecule has 2 unspecified atom stereocenters. The van der Waals surface area contributed by atoms with Crippen LogP contribution in [0.1, 0.15) is 64.7 Å². The summed E-state index contributed by atoms with van der Waals surface area (Å²) in [5.41, 5.74) is 0.381. The van der Waals surface area contributed by atoms with E-state index in [4.69, 9.17) is 4.74 Å². The largest absolute Gasteiger partial charge is 0.392 e. The molecule has 17 heavy (non-hydrogen) atoms. The first-order valence-corrected chi connectivity index (χ1v) is 7.46. The third kappa shape index (κ3) is 2.04. The van der Waals surface area contributed by atoms with Gasteiger partial charge in [0, 0.05) is 6.61 Å². The van der Waals surface area contributed by atoms with Crippen molar-refractivity contribution in [1.82, 2.24) is 0 Å². The number of aliphatic hydroxyl groups is 1. The average Bonchev–Trinajstić information content (AvgIpc) is 2.75. The van der Waals surface area contributed by atoms with Crippen LogP contribution in [0.5, 0.6) is 0 Å². The van der Waals surface area contributed by atoms with E-state index in [0.29, 0.717) is 5.92 Å². The monoisotopic (exact) mass is 238 g/mol. The molecule has 2 heteroatoms. The Kier molecular flexibility index (Phi) is 2.99. The fourth-order valence-corrected chi connectivity index (χ4v) is 4.30. The quantitative estimate of drug-likeness (QED) is 0.800. The predicted molar refractivity (Wildman–Crippen MR) is 67.8 cm³/mol. The van der Waals surface area contributed by atoms with Crippen LogP contribution in [0.2, 0.25) is 0 Å². The summed E-state index contributed by atoms with van der Waals surface area (Å²) in [5, 5.41) is 10.7. The van der Waals surface area contributed by atoms with Crippen LogP contribution >= 0.6 is 0 Å². The molecule has 3 fully saturated rings. The Balaban J connectivity index is 1.66. The molecule has 1 aliphatic heterocycles. The summed E-state index contributed by atoms with van der Waals surface area (Å²) in [5.74, 6) is 0.493. The van der Waals surface area contributed by atoms with E-state index in [1.165, 1.54) is 44.9 Å². The maximum Gasteiger partial charge on any atom is 0.0686 e. The highest BCUT2D eigenvalue weighted by Gasteiger charge is 2.48. The summed E-state index contributed by atoms with van der Waals surface area (Å²) < 4.78 is 5.97. The van der Waals surface area contributed by atoms with Gasteiger partial charge < -0.3 is 9.84 Å². The lowest BCUT2D eigenvalue weighted by Crippen LogP contribution is -2.50. The van der Waals surface area contributed by atoms with E-state index >= 15 is 0 Å². The van der Waals surface area contributed by atoms with Crippen molar-refractivity contribution in [2.45, 2.75) is 76.4 Å². The van der Waals surface area contributed by atoms with Gasteiger partial charge in [0.05, 0.1) is 11.7 Å². The van der Waals surface area contributed by atoms with Crippen LogP contribution in [0.4, 0.5) is 0 Å². The zero-order chi connectivity index (χ0) is 11.9. The Morgan fingerprint density at radius 1 is 1.12 bits per heavy atom. The second-order valence-corrected chi connectivity index (χ2v) is 6.94. The van der Waals surface area contributed by atoms with E-state index in [1.54, 1.807) is 0 Å². The number of aliphatic hydroxyl groups excluding tert-OH is 1. The first-order valence-electron chi connectivity index (χ1n) is 7.46. The number of ether oxygens (including phenoxy) is 1. The Hall–Kier alpha value is -0.0800. The van der Waals surface area contributed by atoms with Gasteiger partial charge >= 0.3 is 0 Å². The van der Waals surface area contributed by atoms with Crippen LogP contribution < -0.4 is 0 Å². The molecule has 98 valence electrons. The molecular formula is C15H26O2. The first-order chi connectivity index (χ1) is 8.14. The second-order valence-electron chi connectivity index (χ2n) is 6.94. The lowest BCUT2D eigenvalue weighted by molar-refractivity contribution is -0.167. The molecule has 1 saturated heterocycles. The minimum absolute atomic E-state index is 0.0913. The molecule has 3 rings (SSSR count). The van der Waals surface area contributed by atoms with E-state index in [9.17, 15) is 5.11 Å². The van der Waals surface area contributed by atoms with Crippen LogP contribution in [0, 0.1) is 11.3 Å². The van der Waals surface area contributed by atoms with Crippen molar-refractivity contribution in [2.75, 3.05) is 6.61 Å². The smallest absolute Gasteiger partial charge is 0.0686 e. The van der Waals surface area contributed by atoms with E-state index < -0.39 is 0 Å². The van der Waals surface area contributed by atoms with E-state index in [2.05, 4.69) is 6.92 Å². The van der Waals surface area contributed by atoms with Crippen LogP contribution in [0.25, 0.3) is 0 Å². The fraction of sp³-hybridized carbons (Fsp3) is 1.00. The molecule has 3 aliphatic rings. The minimum atomic E-state index is -0.0913. The Bertz CT molecular complexity index is 277. The molecule has 0 radical (unpaired) electrons. The third-order valence-electron chi connectivity index (χ3n) is 5.70. The minimum Gasteiger partial charge on any atom is -0.392 e. The molecular weight excluding hydrogens is 212 g/mol. The van der Waals surface area contributed by atoms with Crippen LogP contribution in [0.3, 0.4) is 0 Å². The topological polar surface area (TPSA) is 29.5 Å². The third-order valence-corrected chi connectivity index (χ3v) is 5.70. The molecule has 1 spiro atoms. The van der Waals surface area contributed by atoms with Crippen molar-refractivity contribution >= 4 is 0 Å². The first kappa shape index (κ1) is 12.0. The Labute approximate surface area is 105 Å². The van der Waals surface area contributed by atoms with Crippen molar-refractivity contribution in [3.8, 4) is 0 Å². The zero-order valence-corrected chi connectivity index (χ0v) is 11.1. The molecule has 2 nitrogen and oxygen atoms in total. The lowest BCUT2D eigenvalue weighted by Gasteiger charge is -2.50. The summed E-state index contributed by atoms with van der Waals surface area (Å²) in [7, 11) is 0. The van der Waals surface area contributed by atoms with Gasteiger partial charge in [-0.3, -0.25) is 0 Å². The molecule has 0 bridgehead atoms. The van der Waals surface area contributed by atoms with E-state index in [1.807, 2.05) is 0 Å². The van der Waals surface area contributed by atoms with E-state index in [-0.39, 0.29) is 17.1 Å². The van der Waals surface area contributed by atoms with Gasteiger partial charge in [-0.2, -0.15) is 0 Å². The molecule has 2 atom stereocenters. The predicted octanol–water partition coefficient (Wildman–Crippen LogP) is 3.28. The van der Waals surface area contributed by atoms with Gasteiger partial charge in [0.25, 0.3) is 0 Å². The lowest BCUT2D eigenvalue weighted by atomic mass is 9.66. The average molecular weight is 238 g/mol. The summed E-state index contributed by atoms with van der Waals surface area (Å²) in [6, 6.07) is 0. The van der Waals surface area contributed by atoms with Crippen molar-refractivity contribution in [2.24, 2.45) is 11.3 Å². The van der Waals surface area contributed by atoms with Gasteiger partial charge in [-0.25, -0.2) is 0 Å². The highest BCUT2D eigenvalue weighted by molar-refractivity contribution is 4.99. The van der Waals surface area contributed by atoms with Gasteiger partial charge in [-0.15, -0.1) is 0 Å². The SMILES string of the molecule is CC1(C(O)C2CCOC3(CCC3)C2)CCCC1. The van der Waals surface area contributed by atoms with Crippen LogP contribution in [-0.4, -0.2) is 23.4 Å². The zero-order valence-electron chi connectivity index (χ0n) is 11.1. The molecule has 0 aromatic rings. The number of hydrogen-bond donors (Lipinski definition) is 1. The van der Waals surface area contributed by atoms with Gasteiger partial charge in [0.15, 0.2) is 0 Å². The molecule has 2 saturated carbocycles. The van der Waals surface area contributed by atoms with Gasteiger partial charge in [-0.1, -0.05) is 19.8 Å². The molecule has 1 heterocycles. The van der Waals surface area contributed by atoms with Crippen LogP contribution in [-0.2, 0) is 4.74 Å². The summed E-state index contributed by atoms with van der Waals surface area (Å²) in [6.07, 6.45) is 10.9. The molecule has 0 amide bonds. The fourth-order valence-electron chi connectivity index (χ4n) is 4.30. The van der Waals surface area contributed by atoms with Crippen molar-refractivity contribution in [1.29, 1.82) is 0 Å². The highest BCUT2D eigenvalue weighted by Crippen LogP contribution is 2.50. The van der Waals surface area contributed by atoms with E-state index in [0.717, 1.165) is 19.4 Å². The van der Waals surface area contributed by atoms with Gasteiger partial charge in [0.2, 0.25) is 0 Å². The van der Waals surface area contributed by atoms with Crippen molar-refractivity contribution < 1.29 is 9.84 Å². The molecule has 0 aromatic heterocycles. The Morgan fingerprint density at radius 3 is 2.41 bits per heavy atom. The Morgan fingerprint density at radius 2 is 1.82 bits per heavy atom. The highest BCUT2D eigenvalue weighted by atomic mass is 16.5. The number of hydrogen-bond acceptors (Lipinski definition) is 2. The standard InChI is InChI=1S/C15H26O2/c1-14(6-2-3-7-14)13(16)12-5-10-17-15(11-12)8-4-9-15/h12-13,16H,2-11H2,1H3. The maximum atomic E-state index is 10.7. The summed E-state index contributed by atoms with van der Waals surface area (Å²) >= 11 is 0. The van der Waals surface area contributed by atoms with Crippen molar-refractivity contribution in [3.63, 3.8) is 0 Å². The molecule has 0 aromatic carbocycles. The maximum absolute atomic E-state index is 10.7. The summed E-state index contributed by atoms with van der Waals surface area (Å²) in [6.45, 7) is 3.17. The molecule has 2 aliphatic carbocycles. The van der Waals surface area contributed by atoms with Gasteiger partial charge in [0.1, 0.15) is 0 Å². The molecule has 1 N–H and O–H groups in total. The second kappa shape index (κ2) is 4.24. The number of rotatable bonds is 2. The van der Waals surface area contributed by atoms with Crippen LogP contribution in [0.15, 0.2) is 0 Å².